The van der Waals surface area contributed by atoms with Crippen LogP contribution in [0.5, 0.6) is 0 Å². The van der Waals surface area contributed by atoms with Crippen LogP contribution in [0.3, 0.4) is 0 Å². The quantitative estimate of drug-likeness (QED) is 0.839. The smallest absolute Gasteiger partial charge is 0.412 e. The largest absolute Gasteiger partial charge is 0.444 e. The summed E-state index contributed by atoms with van der Waals surface area (Å²) in [5.74, 6) is -0.161. The van der Waals surface area contributed by atoms with E-state index in [1.54, 1.807) is 6.07 Å². The Labute approximate surface area is 150 Å². The fourth-order valence-electron chi connectivity index (χ4n) is 3.06. The first-order valence-electron chi connectivity index (χ1n) is 8.89. The molecular weight excluding hydrogens is 316 g/mol. The van der Waals surface area contributed by atoms with Crippen LogP contribution in [0.4, 0.5) is 10.5 Å². The maximum Gasteiger partial charge on any atom is 0.412 e. The summed E-state index contributed by atoms with van der Waals surface area (Å²) in [6, 6.07) is 3.74. The Morgan fingerprint density at radius 1 is 1.20 bits per heavy atom. The normalized spacial score (nSPS) is 15.9. The van der Waals surface area contributed by atoms with Gasteiger partial charge in [0, 0.05) is 6.54 Å². The number of ether oxygens (including phenoxy) is 1. The molecule has 1 aromatic carbocycles. The van der Waals surface area contributed by atoms with Crippen LogP contribution in [-0.2, 0) is 4.74 Å². The summed E-state index contributed by atoms with van der Waals surface area (Å²) in [7, 11) is 0. The third-order valence-corrected chi connectivity index (χ3v) is 4.59. The lowest BCUT2D eigenvalue weighted by atomic mass is 9.70. The van der Waals surface area contributed by atoms with E-state index in [1.165, 1.54) is 6.42 Å². The lowest BCUT2D eigenvalue weighted by Crippen LogP contribution is -2.40. The first-order chi connectivity index (χ1) is 11.5. The molecule has 0 aliphatic heterocycles. The minimum Gasteiger partial charge on any atom is -0.444 e. The van der Waals surface area contributed by atoms with Crippen LogP contribution in [0.15, 0.2) is 12.1 Å². The average Bonchev–Trinajstić information content (AvgIpc) is 2.43. The number of rotatable bonds is 4. The first kappa shape index (κ1) is 19.3. The van der Waals surface area contributed by atoms with Crippen LogP contribution in [0, 0.1) is 19.3 Å². The Kier molecular flexibility index (Phi) is 5.45. The van der Waals surface area contributed by atoms with Gasteiger partial charge >= 0.3 is 6.09 Å². The molecule has 0 unspecified atom stereocenters. The molecule has 1 aliphatic rings. The second kappa shape index (κ2) is 7.06. The Balaban J connectivity index is 2.18. The Morgan fingerprint density at radius 2 is 1.84 bits per heavy atom. The molecule has 2 amide bonds. The zero-order valence-corrected chi connectivity index (χ0v) is 16.2. The van der Waals surface area contributed by atoms with Crippen LogP contribution in [0.1, 0.15) is 68.4 Å². The fraction of sp³-hybridized carbons (Fsp3) is 0.600. The minimum atomic E-state index is -0.593. The van der Waals surface area contributed by atoms with Crippen LogP contribution >= 0.6 is 0 Å². The summed E-state index contributed by atoms with van der Waals surface area (Å²) >= 11 is 0. The van der Waals surface area contributed by atoms with Crippen molar-refractivity contribution >= 4 is 17.7 Å². The highest BCUT2D eigenvalue weighted by atomic mass is 16.6. The van der Waals surface area contributed by atoms with Gasteiger partial charge in [-0.3, -0.25) is 10.1 Å². The molecule has 0 saturated heterocycles. The molecule has 2 N–H and O–H groups in total. The number of carbonyl (C=O) groups is 2. The minimum absolute atomic E-state index is 0.161. The van der Waals surface area contributed by atoms with Gasteiger partial charge in [-0.05, 0) is 70.1 Å². The summed E-state index contributed by atoms with van der Waals surface area (Å²) in [6.45, 7) is 12.1. The molecule has 0 bridgehead atoms. The van der Waals surface area contributed by atoms with E-state index in [9.17, 15) is 9.59 Å². The van der Waals surface area contributed by atoms with Gasteiger partial charge in [0.05, 0.1) is 11.3 Å². The van der Waals surface area contributed by atoms with E-state index in [1.807, 2.05) is 40.7 Å². The number of carbonyl (C=O) groups excluding carboxylic acids is 2. The number of benzene rings is 1. The molecule has 1 aliphatic carbocycles. The van der Waals surface area contributed by atoms with E-state index in [0.717, 1.165) is 24.0 Å². The Bertz CT molecular complexity index is 670. The molecule has 0 radical (unpaired) electrons. The third-order valence-electron chi connectivity index (χ3n) is 4.59. The second-order valence-corrected chi connectivity index (χ2v) is 8.48. The summed E-state index contributed by atoms with van der Waals surface area (Å²) in [4.78, 5) is 24.9. The topological polar surface area (TPSA) is 67.4 Å². The van der Waals surface area contributed by atoms with Crippen molar-refractivity contribution in [3.63, 3.8) is 0 Å². The molecule has 0 atom stereocenters. The van der Waals surface area contributed by atoms with Crippen molar-refractivity contribution in [1.29, 1.82) is 0 Å². The number of anilines is 1. The molecule has 2 rings (SSSR count). The van der Waals surface area contributed by atoms with Crippen molar-refractivity contribution in [2.24, 2.45) is 5.41 Å². The van der Waals surface area contributed by atoms with Crippen molar-refractivity contribution in [2.75, 3.05) is 11.9 Å². The molecule has 0 spiro atoms. The molecule has 0 heterocycles. The zero-order chi connectivity index (χ0) is 18.8. The summed E-state index contributed by atoms with van der Waals surface area (Å²) in [5, 5.41) is 5.77. The molecule has 5 nitrogen and oxygen atoms in total. The maximum atomic E-state index is 12.7. The van der Waals surface area contributed by atoms with E-state index in [-0.39, 0.29) is 11.3 Å². The predicted molar refractivity (Wildman–Crippen MR) is 100 cm³/mol. The van der Waals surface area contributed by atoms with Crippen molar-refractivity contribution in [3.8, 4) is 0 Å². The highest BCUT2D eigenvalue weighted by Gasteiger charge is 2.32. The lowest BCUT2D eigenvalue weighted by Gasteiger charge is -2.38. The first-order valence-corrected chi connectivity index (χ1v) is 8.89. The number of nitrogens with one attached hydrogen (secondary N) is 2. The van der Waals surface area contributed by atoms with Gasteiger partial charge in [0.15, 0.2) is 0 Å². The van der Waals surface area contributed by atoms with Crippen LogP contribution in [0.2, 0.25) is 0 Å². The molecule has 1 fully saturated rings. The highest BCUT2D eigenvalue weighted by Crippen LogP contribution is 2.39. The molecule has 0 aromatic heterocycles. The highest BCUT2D eigenvalue weighted by molar-refractivity contribution is 6.03. The van der Waals surface area contributed by atoms with Crippen molar-refractivity contribution in [1.82, 2.24) is 5.32 Å². The number of hydrogen-bond acceptors (Lipinski definition) is 3. The second-order valence-electron chi connectivity index (χ2n) is 8.48. The molecule has 138 valence electrons. The van der Waals surface area contributed by atoms with Crippen LogP contribution < -0.4 is 10.6 Å². The van der Waals surface area contributed by atoms with Gasteiger partial charge in [0.2, 0.25) is 0 Å². The van der Waals surface area contributed by atoms with Crippen LogP contribution in [-0.4, -0.2) is 24.1 Å². The van der Waals surface area contributed by atoms with Gasteiger partial charge in [0.25, 0.3) is 5.91 Å². The molecule has 5 heteroatoms. The Hall–Kier alpha value is -2.04. The van der Waals surface area contributed by atoms with Gasteiger partial charge in [0.1, 0.15) is 5.60 Å². The Morgan fingerprint density at radius 3 is 2.36 bits per heavy atom. The van der Waals surface area contributed by atoms with E-state index < -0.39 is 11.7 Å². The van der Waals surface area contributed by atoms with Crippen molar-refractivity contribution in [2.45, 2.75) is 66.4 Å². The van der Waals surface area contributed by atoms with Crippen LogP contribution in [0.25, 0.3) is 0 Å². The average molecular weight is 346 g/mol. The van der Waals surface area contributed by atoms with Gasteiger partial charge in [-0.1, -0.05) is 19.4 Å². The summed E-state index contributed by atoms with van der Waals surface area (Å²) in [6.07, 6.45) is 2.95. The van der Waals surface area contributed by atoms with Crippen molar-refractivity contribution < 1.29 is 14.3 Å². The number of aryl methyl sites for hydroxylation is 2. The van der Waals surface area contributed by atoms with Crippen molar-refractivity contribution in [3.05, 3.63) is 28.8 Å². The predicted octanol–water partition coefficient (Wildman–Crippen LogP) is 4.57. The molecule has 25 heavy (non-hydrogen) atoms. The number of amides is 2. The van der Waals surface area contributed by atoms with E-state index >= 15 is 0 Å². The van der Waals surface area contributed by atoms with E-state index in [4.69, 9.17) is 4.74 Å². The zero-order valence-electron chi connectivity index (χ0n) is 16.2. The number of hydrogen-bond donors (Lipinski definition) is 2. The van der Waals surface area contributed by atoms with Gasteiger partial charge in [-0.25, -0.2) is 4.79 Å². The summed E-state index contributed by atoms with van der Waals surface area (Å²) < 4.78 is 5.32. The maximum absolute atomic E-state index is 12.7. The fourth-order valence-corrected chi connectivity index (χ4v) is 3.06. The van der Waals surface area contributed by atoms with E-state index in [0.29, 0.717) is 17.8 Å². The van der Waals surface area contributed by atoms with E-state index in [2.05, 4.69) is 17.6 Å². The molecular formula is C20H30N2O3. The molecule has 1 aromatic rings. The van der Waals surface area contributed by atoms with Gasteiger partial charge in [-0.2, -0.15) is 0 Å². The standard InChI is InChI=1S/C20H30N2O3/c1-13-10-14(2)16(22-18(24)25-19(3,4)5)15(11-13)17(23)21-12-20(6)8-7-9-20/h10-11H,7-9,12H2,1-6H3,(H,21,23)(H,22,24). The van der Waals surface area contributed by atoms with Gasteiger partial charge in [-0.15, -0.1) is 0 Å². The van der Waals surface area contributed by atoms with Gasteiger partial charge < -0.3 is 10.1 Å². The monoisotopic (exact) mass is 346 g/mol. The molecule has 1 saturated carbocycles. The third kappa shape index (κ3) is 5.21. The lowest BCUT2D eigenvalue weighted by molar-refractivity contribution is 0.0635. The SMILES string of the molecule is Cc1cc(C)c(NC(=O)OC(C)(C)C)c(C(=O)NCC2(C)CCC2)c1. The summed E-state index contributed by atoms with van der Waals surface area (Å²) in [5.41, 5.74) is 2.41.